The van der Waals surface area contributed by atoms with Crippen LogP contribution in [0.15, 0.2) is 72.8 Å². The second-order valence-corrected chi connectivity index (χ2v) is 11.5. The Hall–Kier alpha value is -3.12. The molecule has 2 amide bonds. The van der Waals surface area contributed by atoms with E-state index >= 15 is 0 Å². The molecule has 1 N–H and O–H groups in total. The second kappa shape index (κ2) is 12.9. The molecular weight excluding hydrogens is 483 g/mol. The van der Waals surface area contributed by atoms with Gasteiger partial charge in [0.15, 0.2) is 0 Å². The number of hydrogen-bond acceptors (Lipinski definition) is 3. The summed E-state index contributed by atoms with van der Waals surface area (Å²) in [6, 6.07) is 21.6. The van der Waals surface area contributed by atoms with E-state index in [0.29, 0.717) is 17.7 Å². The van der Waals surface area contributed by atoms with Crippen LogP contribution in [-0.4, -0.2) is 34.0 Å². The highest BCUT2D eigenvalue weighted by Gasteiger charge is 2.32. The van der Waals surface area contributed by atoms with Crippen molar-refractivity contribution in [1.82, 2.24) is 10.2 Å². The smallest absolute Gasteiger partial charge is 0.243 e. The predicted octanol–water partition coefficient (Wildman–Crippen LogP) is 6.23. The van der Waals surface area contributed by atoms with E-state index in [2.05, 4.69) is 37.4 Å². The van der Waals surface area contributed by atoms with Crippen LogP contribution in [-0.2, 0) is 28.3 Å². The first-order valence-corrected chi connectivity index (χ1v) is 13.7. The molecule has 0 aliphatic rings. The normalized spacial score (nSPS) is 12.2. The lowest BCUT2D eigenvalue weighted by atomic mass is 10.0. The molecule has 0 saturated carbocycles. The number of benzene rings is 3. The number of carbonyl (C=O) groups is 2. The molecule has 0 aliphatic carbocycles. The van der Waals surface area contributed by atoms with Crippen LogP contribution in [0.4, 0.5) is 4.39 Å². The lowest BCUT2D eigenvalue weighted by Gasteiger charge is -2.34. The Balaban J connectivity index is 1.88. The van der Waals surface area contributed by atoms with Gasteiger partial charge in [0, 0.05) is 29.8 Å². The van der Waals surface area contributed by atoms with Crippen molar-refractivity contribution in [3.05, 3.63) is 106 Å². The Labute approximate surface area is 224 Å². The van der Waals surface area contributed by atoms with Crippen LogP contribution in [0, 0.1) is 19.7 Å². The van der Waals surface area contributed by atoms with Gasteiger partial charge >= 0.3 is 0 Å². The summed E-state index contributed by atoms with van der Waals surface area (Å²) in [5, 5.41) is 3.04. The number of halogens is 1. The van der Waals surface area contributed by atoms with Gasteiger partial charge in [-0.25, -0.2) is 4.39 Å². The molecule has 0 aromatic heterocycles. The number of thioether (sulfide) groups is 1. The molecule has 1 atom stereocenters. The number of rotatable bonds is 10. The third-order valence-electron chi connectivity index (χ3n) is 5.84. The van der Waals surface area contributed by atoms with E-state index < -0.39 is 17.4 Å². The summed E-state index contributed by atoms with van der Waals surface area (Å²) in [5.74, 6) is 0.0374. The zero-order valence-corrected chi connectivity index (χ0v) is 23.2. The Morgan fingerprint density at radius 2 is 1.54 bits per heavy atom. The van der Waals surface area contributed by atoms with Crippen molar-refractivity contribution in [2.45, 2.75) is 64.9 Å². The molecule has 0 bridgehead atoms. The molecule has 0 unspecified atom stereocenters. The minimum Gasteiger partial charge on any atom is -0.350 e. The van der Waals surface area contributed by atoms with Gasteiger partial charge in [0.25, 0.3) is 0 Å². The lowest BCUT2D eigenvalue weighted by molar-refractivity contribution is -0.140. The lowest BCUT2D eigenvalue weighted by Crippen LogP contribution is -2.54. The summed E-state index contributed by atoms with van der Waals surface area (Å²) >= 11 is 1.51. The van der Waals surface area contributed by atoms with E-state index in [9.17, 15) is 14.0 Å². The minimum absolute atomic E-state index is 0.0185. The van der Waals surface area contributed by atoms with Gasteiger partial charge in [0.1, 0.15) is 11.9 Å². The number of amides is 2. The number of nitrogens with one attached hydrogen (secondary N) is 1. The van der Waals surface area contributed by atoms with Crippen LogP contribution < -0.4 is 5.32 Å². The minimum atomic E-state index is -0.782. The molecule has 0 saturated heterocycles. The number of nitrogens with zero attached hydrogens (tertiary/aromatic N) is 1. The van der Waals surface area contributed by atoms with Gasteiger partial charge in [-0.2, -0.15) is 0 Å². The quantitative estimate of drug-likeness (QED) is 0.345. The second-order valence-electron chi connectivity index (χ2n) is 10.5. The first-order chi connectivity index (χ1) is 17.5. The zero-order chi connectivity index (χ0) is 27.0. The summed E-state index contributed by atoms with van der Waals surface area (Å²) in [7, 11) is 0. The van der Waals surface area contributed by atoms with Gasteiger partial charge < -0.3 is 10.2 Å². The van der Waals surface area contributed by atoms with Crippen LogP contribution in [0.5, 0.6) is 0 Å². The van der Waals surface area contributed by atoms with Crippen molar-refractivity contribution >= 4 is 23.6 Å². The Morgan fingerprint density at radius 3 is 2.16 bits per heavy atom. The van der Waals surface area contributed by atoms with E-state index in [1.807, 2.05) is 51.1 Å². The molecule has 3 rings (SSSR count). The van der Waals surface area contributed by atoms with Gasteiger partial charge in [-0.3, -0.25) is 9.59 Å². The molecule has 6 heteroatoms. The third kappa shape index (κ3) is 9.04. The molecular formula is C31H37FN2O2S. The van der Waals surface area contributed by atoms with Gasteiger partial charge in [-0.15, -0.1) is 11.8 Å². The fraction of sp³-hybridized carbons (Fsp3) is 0.355. The van der Waals surface area contributed by atoms with Gasteiger partial charge in [-0.1, -0.05) is 77.9 Å². The summed E-state index contributed by atoms with van der Waals surface area (Å²) in [6.07, 6.45) is 0.338. The number of hydrogen-bond donors (Lipinski definition) is 1. The van der Waals surface area contributed by atoms with E-state index in [1.165, 1.54) is 29.0 Å². The van der Waals surface area contributed by atoms with Crippen molar-refractivity contribution in [2.24, 2.45) is 0 Å². The third-order valence-corrected chi connectivity index (χ3v) is 6.83. The number of aryl methyl sites for hydroxylation is 2. The fourth-order valence-corrected chi connectivity index (χ4v) is 5.15. The first-order valence-electron chi connectivity index (χ1n) is 12.6. The summed E-state index contributed by atoms with van der Waals surface area (Å²) < 4.78 is 14.7. The highest BCUT2D eigenvalue weighted by atomic mass is 32.2. The van der Waals surface area contributed by atoms with Crippen molar-refractivity contribution in [1.29, 1.82) is 0 Å². The molecule has 3 aromatic rings. The molecule has 0 heterocycles. The molecule has 196 valence electrons. The molecule has 0 radical (unpaired) electrons. The Morgan fingerprint density at radius 1 is 0.919 bits per heavy atom. The SMILES string of the molecule is Cc1cc(C)cc(CSCC(=O)N(Cc2ccccc2F)[C@@H](Cc2ccccc2)C(=O)NC(C)(C)C)c1. The van der Waals surface area contributed by atoms with Crippen molar-refractivity contribution < 1.29 is 14.0 Å². The van der Waals surface area contributed by atoms with Crippen LogP contribution >= 0.6 is 11.8 Å². The fourth-order valence-electron chi connectivity index (χ4n) is 4.31. The van der Waals surface area contributed by atoms with Crippen LogP contribution in [0.25, 0.3) is 0 Å². The van der Waals surface area contributed by atoms with Crippen LogP contribution in [0.1, 0.15) is 48.6 Å². The van der Waals surface area contributed by atoms with E-state index in [0.717, 1.165) is 11.1 Å². The highest BCUT2D eigenvalue weighted by Crippen LogP contribution is 2.21. The van der Waals surface area contributed by atoms with Crippen molar-refractivity contribution in [2.75, 3.05) is 5.75 Å². The molecule has 0 spiro atoms. The maximum Gasteiger partial charge on any atom is 0.243 e. The van der Waals surface area contributed by atoms with Gasteiger partial charge in [-0.05, 0) is 51.8 Å². The number of carbonyl (C=O) groups excluding carboxylic acids is 2. The summed E-state index contributed by atoms with van der Waals surface area (Å²) in [5.41, 5.74) is 4.37. The van der Waals surface area contributed by atoms with E-state index in [4.69, 9.17) is 0 Å². The predicted molar refractivity (Wildman–Crippen MR) is 151 cm³/mol. The maximum atomic E-state index is 14.7. The zero-order valence-electron chi connectivity index (χ0n) is 22.4. The van der Waals surface area contributed by atoms with E-state index in [1.54, 1.807) is 23.1 Å². The Kier molecular flexibility index (Phi) is 9.93. The topological polar surface area (TPSA) is 49.4 Å². The van der Waals surface area contributed by atoms with Crippen LogP contribution in [0.2, 0.25) is 0 Å². The first kappa shape index (κ1) is 28.5. The maximum absolute atomic E-state index is 14.7. The molecule has 3 aromatic carbocycles. The molecule has 37 heavy (non-hydrogen) atoms. The molecule has 4 nitrogen and oxygen atoms in total. The van der Waals surface area contributed by atoms with Gasteiger partial charge in [0.05, 0.1) is 5.75 Å². The molecule has 0 fully saturated rings. The van der Waals surface area contributed by atoms with E-state index in [-0.39, 0.29) is 24.1 Å². The summed E-state index contributed by atoms with van der Waals surface area (Å²) in [6.45, 7) is 9.87. The average Bonchev–Trinajstić information content (AvgIpc) is 2.81. The Bertz CT molecular complexity index is 1190. The van der Waals surface area contributed by atoms with Gasteiger partial charge in [0.2, 0.25) is 11.8 Å². The van der Waals surface area contributed by atoms with Crippen molar-refractivity contribution in [3.8, 4) is 0 Å². The average molecular weight is 521 g/mol. The van der Waals surface area contributed by atoms with Crippen LogP contribution in [0.3, 0.4) is 0 Å². The largest absolute Gasteiger partial charge is 0.350 e. The highest BCUT2D eigenvalue weighted by molar-refractivity contribution is 7.99. The van der Waals surface area contributed by atoms with Crippen molar-refractivity contribution in [3.63, 3.8) is 0 Å². The monoisotopic (exact) mass is 520 g/mol. The molecule has 0 aliphatic heterocycles. The summed E-state index contributed by atoms with van der Waals surface area (Å²) in [4.78, 5) is 28.8. The standard InChI is InChI=1S/C31H37FN2O2S/c1-22-15-23(2)17-25(16-22)20-37-21-29(35)34(19-26-13-9-10-14-27(26)32)28(30(36)33-31(3,4)5)18-24-11-7-6-8-12-24/h6-17,28H,18-21H2,1-5H3,(H,33,36)/t28-/m0/s1.